The first-order valence-corrected chi connectivity index (χ1v) is 5.55. The lowest BCUT2D eigenvalue weighted by molar-refractivity contribution is -0.117. The first-order chi connectivity index (χ1) is 8.18. The van der Waals surface area contributed by atoms with Crippen LogP contribution in [0.25, 0.3) is 0 Å². The molecule has 1 N–H and O–H groups in total. The molecule has 2 rings (SSSR count). The van der Waals surface area contributed by atoms with Crippen LogP contribution in [0, 0.1) is 5.82 Å². The van der Waals surface area contributed by atoms with Crippen LogP contribution in [0.2, 0.25) is 0 Å². The molecule has 0 radical (unpaired) electrons. The number of carbonyl (C=O) groups excluding carboxylic acids is 1. The number of aromatic amines is 1. The third kappa shape index (κ3) is 2.61. The van der Waals surface area contributed by atoms with Crippen molar-refractivity contribution in [2.24, 2.45) is 0 Å². The molecule has 0 aliphatic heterocycles. The standard InChI is InChI=1S/C14H14FNO/c1-10(17)9-12(14-7-4-8-16-14)11-5-2-3-6-13(11)15/h2-8,12,16H,9H2,1H3. The van der Waals surface area contributed by atoms with E-state index in [1.165, 1.54) is 13.0 Å². The maximum Gasteiger partial charge on any atom is 0.130 e. The third-order valence-corrected chi connectivity index (χ3v) is 2.77. The SMILES string of the molecule is CC(=O)CC(c1ccc[nH]1)c1ccccc1F. The van der Waals surface area contributed by atoms with Crippen LogP contribution in [0.3, 0.4) is 0 Å². The van der Waals surface area contributed by atoms with E-state index in [0.29, 0.717) is 12.0 Å². The third-order valence-electron chi connectivity index (χ3n) is 2.77. The first kappa shape index (κ1) is 11.6. The summed E-state index contributed by atoms with van der Waals surface area (Å²) in [6.45, 7) is 1.52. The Morgan fingerprint density at radius 3 is 2.65 bits per heavy atom. The van der Waals surface area contributed by atoms with Gasteiger partial charge in [-0.3, -0.25) is 4.79 Å². The topological polar surface area (TPSA) is 32.9 Å². The minimum absolute atomic E-state index is 0.0489. The van der Waals surface area contributed by atoms with E-state index in [-0.39, 0.29) is 17.5 Å². The number of carbonyl (C=O) groups is 1. The Kier molecular flexibility index (Phi) is 3.38. The van der Waals surface area contributed by atoms with E-state index in [1.807, 2.05) is 12.1 Å². The number of benzene rings is 1. The number of H-pyrrole nitrogens is 1. The molecule has 0 saturated carbocycles. The quantitative estimate of drug-likeness (QED) is 0.860. The van der Waals surface area contributed by atoms with E-state index < -0.39 is 0 Å². The van der Waals surface area contributed by atoms with Gasteiger partial charge in [0.2, 0.25) is 0 Å². The summed E-state index contributed by atoms with van der Waals surface area (Å²) in [4.78, 5) is 14.3. The van der Waals surface area contributed by atoms with Crippen molar-refractivity contribution in [2.45, 2.75) is 19.3 Å². The first-order valence-electron chi connectivity index (χ1n) is 5.55. The number of nitrogens with one attached hydrogen (secondary N) is 1. The summed E-state index contributed by atoms with van der Waals surface area (Å²) in [6.07, 6.45) is 2.09. The fraction of sp³-hybridized carbons (Fsp3) is 0.214. The van der Waals surface area contributed by atoms with Gasteiger partial charge in [-0.1, -0.05) is 18.2 Å². The zero-order valence-electron chi connectivity index (χ0n) is 9.61. The van der Waals surface area contributed by atoms with Gasteiger partial charge in [-0.15, -0.1) is 0 Å². The number of halogens is 1. The van der Waals surface area contributed by atoms with Gasteiger partial charge in [0.1, 0.15) is 11.6 Å². The lowest BCUT2D eigenvalue weighted by Gasteiger charge is -2.15. The fourth-order valence-electron chi connectivity index (χ4n) is 1.99. The second-order valence-electron chi connectivity index (χ2n) is 4.11. The molecule has 2 aromatic rings. The van der Waals surface area contributed by atoms with Gasteiger partial charge in [0.15, 0.2) is 0 Å². The van der Waals surface area contributed by atoms with Crippen LogP contribution >= 0.6 is 0 Å². The smallest absolute Gasteiger partial charge is 0.130 e. The van der Waals surface area contributed by atoms with Crippen molar-refractivity contribution in [3.63, 3.8) is 0 Å². The van der Waals surface area contributed by atoms with E-state index >= 15 is 0 Å². The van der Waals surface area contributed by atoms with E-state index in [0.717, 1.165) is 5.69 Å². The average molecular weight is 231 g/mol. The summed E-state index contributed by atoms with van der Waals surface area (Å²) in [5, 5.41) is 0. The number of aromatic nitrogens is 1. The molecule has 0 amide bonds. The summed E-state index contributed by atoms with van der Waals surface area (Å²) in [5.74, 6) is -0.454. The van der Waals surface area contributed by atoms with Crippen molar-refractivity contribution in [1.29, 1.82) is 0 Å². The molecule has 88 valence electrons. The number of hydrogen-bond acceptors (Lipinski definition) is 1. The minimum Gasteiger partial charge on any atom is -0.364 e. The molecule has 3 heteroatoms. The lowest BCUT2D eigenvalue weighted by Crippen LogP contribution is -2.08. The Morgan fingerprint density at radius 2 is 2.06 bits per heavy atom. The van der Waals surface area contributed by atoms with Gasteiger partial charge in [-0.2, -0.15) is 0 Å². The Labute approximate surface area is 99.5 Å². The predicted molar refractivity (Wildman–Crippen MR) is 64.3 cm³/mol. The number of ketones is 1. The Hall–Kier alpha value is -1.90. The van der Waals surface area contributed by atoms with Crippen LogP contribution in [0.4, 0.5) is 4.39 Å². The van der Waals surface area contributed by atoms with Crippen molar-refractivity contribution in [2.75, 3.05) is 0 Å². The van der Waals surface area contributed by atoms with Crippen molar-refractivity contribution in [3.05, 3.63) is 59.7 Å². The van der Waals surface area contributed by atoms with Crippen molar-refractivity contribution in [3.8, 4) is 0 Å². The molecule has 0 saturated heterocycles. The van der Waals surface area contributed by atoms with Gasteiger partial charge in [0, 0.05) is 24.2 Å². The summed E-state index contributed by atoms with van der Waals surface area (Å²) in [6, 6.07) is 10.3. The normalized spacial score (nSPS) is 12.4. The van der Waals surface area contributed by atoms with Gasteiger partial charge in [-0.05, 0) is 30.7 Å². The second-order valence-corrected chi connectivity index (χ2v) is 4.11. The van der Waals surface area contributed by atoms with Crippen LogP contribution in [0.5, 0.6) is 0 Å². The molecule has 0 fully saturated rings. The monoisotopic (exact) mass is 231 g/mol. The van der Waals surface area contributed by atoms with Gasteiger partial charge in [0.25, 0.3) is 0 Å². The zero-order chi connectivity index (χ0) is 12.3. The predicted octanol–water partition coefficient (Wildman–Crippen LogP) is 3.26. The zero-order valence-corrected chi connectivity index (χ0v) is 9.61. The van der Waals surface area contributed by atoms with E-state index in [1.54, 1.807) is 24.4 Å². The molecule has 1 aromatic carbocycles. The number of hydrogen-bond donors (Lipinski definition) is 1. The van der Waals surface area contributed by atoms with E-state index in [9.17, 15) is 9.18 Å². The van der Waals surface area contributed by atoms with Gasteiger partial charge in [0.05, 0.1) is 0 Å². The highest BCUT2D eigenvalue weighted by molar-refractivity contribution is 5.77. The maximum atomic E-state index is 13.8. The van der Waals surface area contributed by atoms with Gasteiger partial charge in [-0.25, -0.2) is 4.39 Å². The van der Waals surface area contributed by atoms with Crippen LogP contribution in [-0.2, 0) is 4.79 Å². The maximum absolute atomic E-state index is 13.8. The molecule has 0 spiro atoms. The molecule has 2 nitrogen and oxygen atoms in total. The Balaban J connectivity index is 2.41. The van der Waals surface area contributed by atoms with Gasteiger partial charge >= 0.3 is 0 Å². The second kappa shape index (κ2) is 4.95. The molecule has 0 bridgehead atoms. The fourth-order valence-corrected chi connectivity index (χ4v) is 1.99. The molecule has 1 unspecified atom stereocenters. The van der Waals surface area contributed by atoms with Crippen LogP contribution in [-0.4, -0.2) is 10.8 Å². The summed E-state index contributed by atoms with van der Waals surface area (Å²) < 4.78 is 13.8. The average Bonchev–Trinajstić information content (AvgIpc) is 2.80. The number of rotatable bonds is 4. The van der Waals surface area contributed by atoms with Crippen LogP contribution in [0.1, 0.15) is 30.5 Å². The molecule has 17 heavy (non-hydrogen) atoms. The lowest BCUT2D eigenvalue weighted by atomic mass is 9.91. The minimum atomic E-state index is -0.270. The molecule has 0 aliphatic carbocycles. The molecule has 1 atom stereocenters. The molecule has 1 aromatic heterocycles. The Morgan fingerprint density at radius 1 is 1.29 bits per heavy atom. The highest BCUT2D eigenvalue weighted by Gasteiger charge is 2.19. The van der Waals surface area contributed by atoms with Crippen molar-refractivity contribution < 1.29 is 9.18 Å². The summed E-state index contributed by atoms with van der Waals surface area (Å²) in [7, 11) is 0. The molecule has 0 aliphatic rings. The van der Waals surface area contributed by atoms with Crippen molar-refractivity contribution in [1.82, 2.24) is 4.98 Å². The Bertz CT molecular complexity index is 505. The largest absolute Gasteiger partial charge is 0.364 e. The highest BCUT2D eigenvalue weighted by atomic mass is 19.1. The summed E-state index contributed by atoms with van der Waals surface area (Å²) >= 11 is 0. The summed E-state index contributed by atoms with van der Waals surface area (Å²) in [5.41, 5.74) is 1.43. The van der Waals surface area contributed by atoms with Crippen molar-refractivity contribution >= 4 is 5.78 Å². The van der Waals surface area contributed by atoms with Gasteiger partial charge < -0.3 is 4.98 Å². The molecule has 1 heterocycles. The molecular formula is C14H14FNO. The van der Waals surface area contributed by atoms with E-state index in [2.05, 4.69) is 4.98 Å². The molecular weight excluding hydrogens is 217 g/mol. The van der Waals surface area contributed by atoms with E-state index in [4.69, 9.17) is 0 Å². The number of Topliss-reactive ketones (excluding diaryl/α,β-unsaturated/α-hetero) is 1. The van der Waals surface area contributed by atoms with Crippen LogP contribution < -0.4 is 0 Å². The van der Waals surface area contributed by atoms with Crippen LogP contribution in [0.15, 0.2) is 42.6 Å². The highest BCUT2D eigenvalue weighted by Crippen LogP contribution is 2.28.